The first-order valence-corrected chi connectivity index (χ1v) is 7.15. The highest BCUT2D eigenvalue weighted by Gasteiger charge is 2.16. The molecule has 1 aromatic rings. The molecule has 0 aromatic heterocycles. The fourth-order valence-electron chi connectivity index (χ4n) is 1.60. The van der Waals surface area contributed by atoms with Crippen LogP contribution in [-0.2, 0) is 11.3 Å². The lowest BCUT2D eigenvalue weighted by Crippen LogP contribution is -2.38. The van der Waals surface area contributed by atoms with Crippen LogP contribution < -0.4 is 15.8 Å². The van der Waals surface area contributed by atoms with Gasteiger partial charge < -0.3 is 15.8 Å². The van der Waals surface area contributed by atoms with Crippen molar-refractivity contribution in [2.24, 2.45) is 17.6 Å². The van der Waals surface area contributed by atoms with Crippen molar-refractivity contribution in [1.82, 2.24) is 5.32 Å². The summed E-state index contributed by atoms with van der Waals surface area (Å²) >= 11 is 0. The molecule has 1 rings (SSSR count). The van der Waals surface area contributed by atoms with E-state index in [2.05, 4.69) is 19.2 Å². The molecule has 2 unspecified atom stereocenters. The number of carbonyl (C=O) groups is 1. The van der Waals surface area contributed by atoms with Gasteiger partial charge in [0.25, 0.3) is 0 Å². The Morgan fingerprint density at radius 2 is 2.00 bits per heavy atom. The van der Waals surface area contributed by atoms with Gasteiger partial charge in [0.2, 0.25) is 5.91 Å². The highest BCUT2D eigenvalue weighted by molar-refractivity contribution is 5.78. The molecule has 1 aromatic carbocycles. The molecule has 4 nitrogen and oxygen atoms in total. The Morgan fingerprint density at radius 3 is 2.60 bits per heavy atom. The first-order chi connectivity index (χ1) is 9.40. The molecule has 0 saturated heterocycles. The van der Waals surface area contributed by atoms with Crippen molar-refractivity contribution < 1.29 is 9.53 Å². The van der Waals surface area contributed by atoms with Crippen LogP contribution in [0.15, 0.2) is 24.3 Å². The van der Waals surface area contributed by atoms with Crippen molar-refractivity contribution in [1.29, 1.82) is 0 Å². The van der Waals surface area contributed by atoms with Crippen molar-refractivity contribution >= 4 is 5.91 Å². The van der Waals surface area contributed by atoms with Crippen molar-refractivity contribution in [2.45, 2.75) is 40.3 Å². The third-order valence-corrected chi connectivity index (χ3v) is 3.15. The van der Waals surface area contributed by atoms with Gasteiger partial charge in [-0.15, -0.1) is 0 Å². The minimum Gasteiger partial charge on any atom is -0.493 e. The highest BCUT2D eigenvalue weighted by Crippen LogP contribution is 2.14. The van der Waals surface area contributed by atoms with Crippen LogP contribution >= 0.6 is 0 Å². The van der Waals surface area contributed by atoms with Crippen molar-refractivity contribution in [3.05, 3.63) is 29.8 Å². The Morgan fingerprint density at radius 1 is 1.30 bits per heavy atom. The van der Waals surface area contributed by atoms with Gasteiger partial charge in [-0.1, -0.05) is 32.9 Å². The highest BCUT2D eigenvalue weighted by atomic mass is 16.5. The standard InChI is InChI=1S/C16H26N2O2/c1-11(2)10-20-15-7-5-6-14(8-15)9-18-16(19)12(3)13(4)17/h5-8,11-13H,9-10,17H2,1-4H3,(H,18,19). The van der Waals surface area contributed by atoms with Crippen LogP contribution in [0.25, 0.3) is 0 Å². The van der Waals surface area contributed by atoms with E-state index in [9.17, 15) is 4.79 Å². The molecule has 0 spiro atoms. The lowest BCUT2D eigenvalue weighted by molar-refractivity contribution is -0.125. The maximum absolute atomic E-state index is 11.8. The van der Waals surface area contributed by atoms with E-state index < -0.39 is 0 Å². The van der Waals surface area contributed by atoms with Crippen LogP contribution in [0.2, 0.25) is 0 Å². The van der Waals surface area contributed by atoms with Gasteiger partial charge in [-0.2, -0.15) is 0 Å². The number of amides is 1. The Balaban J connectivity index is 2.52. The van der Waals surface area contributed by atoms with E-state index in [1.807, 2.05) is 38.1 Å². The van der Waals surface area contributed by atoms with Crippen molar-refractivity contribution in [2.75, 3.05) is 6.61 Å². The third kappa shape index (κ3) is 5.61. The summed E-state index contributed by atoms with van der Waals surface area (Å²) in [6, 6.07) is 7.65. The molecule has 0 aliphatic carbocycles. The molecule has 0 radical (unpaired) electrons. The minimum absolute atomic E-state index is 0.0199. The van der Waals surface area contributed by atoms with Crippen molar-refractivity contribution in [3.63, 3.8) is 0 Å². The van der Waals surface area contributed by atoms with Gasteiger partial charge in [-0.05, 0) is 30.5 Å². The average molecular weight is 278 g/mol. The van der Waals surface area contributed by atoms with Gasteiger partial charge in [0.05, 0.1) is 6.61 Å². The Hall–Kier alpha value is -1.55. The maximum Gasteiger partial charge on any atom is 0.224 e. The van der Waals surface area contributed by atoms with E-state index in [-0.39, 0.29) is 17.9 Å². The summed E-state index contributed by atoms with van der Waals surface area (Å²) in [6.45, 7) is 9.08. The van der Waals surface area contributed by atoms with Crippen LogP contribution in [0.1, 0.15) is 33.3 Å². The zero-order chi connectivity index (χ0) is 15.1. The van der Waals surface area contributed by atoms with E-state index in [1.165, 1.54) is 0 Å². The molecule has 0 aliphatic rings. The van der Waals surface area contributed by atoms with Gasteiger partial charge in [0.15, 0.2) is 0 Å². The second-order valence-corrected chi connectivity index (χ2v) is 5.72. The molecule has 1 amide bonds. The molecule has 112 valence electrons. The number of benzene rings is 1. The quantitative estimate of drug-likeness (QED) is 0.804. The maximum atomic E-state index is 11.8. The molecule has 2 atom stereocenters. The van der Waals surface area contributed by atoms with E-state index in [1.54, 1.807) is 0 Å². The Bertz CT molecular complexity index is 430. The van der Waals surface area contributed by atoms with Crippen LogP contribution in [-0.4, -0.2) is 18.6 Å². The predicted molar refractivity (Wildman–Crippen MR) is 81.4 cm³/mol. The third-order valence-electron chi connectivity index (χ3n) is 3.15. The summed E-state index contributed by atoms with van der Waals surface area (Å²) in [5.41, 5.74) is 6.74. The van der Waals surface area contributed by atoms with E-state index >= 15 is 0 Å². The fraction of sp³-hybridized carbons (Fsp3) is 0.562. The van der Waals surface area contributed by atoms with Gasteiger partial charge in [-0.25, -0.2) is 0 Å². The first-order valence-electron chi connectivity index (χ1n) is 7.15. The van der Waals surface area contributed by atoms with Crippen LogP contribution in [0.5, 0.6) is 5.75 Å². The van der Waals surface area contributed by atoms with Gasteiger partial charge >= 0.3 is 0 Å². The molecule has 4 heteroatoms. The van der Waals surface area contributed by atoms with Crippen LogP contribution in [0.4, 0.5) is 0 Å². The molecule has 0 aliphatic heterocycles. The summed E-state index contributed by atoms with van der Waals surface area (Å²) in [5.74, 6) is 1.12. The molecule has 0 bridgehead atoms. The fourth-order valence-corrected chi connectivity index (χ4v) is 1.60. The molecular formula is C16H26N2O2. The smallest absolute Gasteiger partial charge is 0.224 e. The molecule has 0 fully saturated rings. The van der Waals surface area contributed by atoms with E-state index in [0.717, 1.165) is 11.3 Å². The summed E-state index contributed by atoms with van der Waals surface area (Å²) in [4.78, 5) is 11.8. The summed E-state index contributed by atoms with van der Waals surface area (Å²) in [5, 5.41) is 2.90. The second-order valence-electron chi connectivity index (χ2n) is 5.72. The normalized spacial score (nSPS) is 13.9. The minimum atomic E-state index is -0.185. The summed E-state index contributed by atoms with van der Waals surface area (Å²) in [6.07, 6.45) is 0. The van der Waals surface area contributed by atoms with Crippen LogP contribution in [0.3, 0.4) is 0 Å². The van der Waals surface area contributed by atoms with Crippen molar-refractivity contribution in [3.8, 4) is 5.75 Å². The number of carbonyl (C=O) groups excluding carboxylic acids is 1. The second kappa shape index (κ2) is 7.90. The SMILES string of the molecule is CC(C)COc1cccc(CNC(=O)C(C)C(C)N)c1. The zero-order valence-corrected chi connectivity index (χ0v) is 12.8. The number of hydrogen-bond acceptors (Lipinski definition) is 3. The summed E-state index contributed by atoms with van der Waals surface area (Å²) < 4.78 is 5.67. The lowest BCUT2D eigenvalue weighted by Gasteiger charge is -2.15. The lowest BCUT2D eigenvalue weighted by atomic mass is 10.0. The topological polar surface area (TPSA) is 64.3 Å². The molecular weight excluding hydrogens is 252 g/mol. The molecule has 20 heavy (non-hydrogen) atoms. The zero-order valence-electron chi connectivity index (χ0n) is 12.8. The molecule has 0 heterocycles. The number of nitrogens with one attached hydrogen (secondary N) is 1. The Kier molecular flexibility index (Phi) is 6.52. The number of hydrogen-bond donors (Lipinski definition) is 2. The monoisotopic (exact) mass is 278 g/mol. The Labute approximate surface area is 121 Å². The molecule has 0 saturated carbocycles. The predicted octanol–water partition coefficient (Wildman–Crippen LogP) is 2.32. The van der Waals surface area contributed by atoms with Gasteiger partial charge in [-0.3, -0.25) is 4.79 Å². The van der Waals surface area contributed by atoms with E-state index in [4.69, 9.17) is 10.5 Å². The number of rotatable bonds is 7. The number of nitrogens with two attached hydrogens (primary N) is 1. The van der Waals surface area contributed by atoms with E-state index in [0.29, 0.717) is 19.1 Å². The number of ether oxygens (including phenoxy) is 1. The van der Waals surface area contributed by atoms with Gasteiger partial charge in [0, 0.05) is 18.5 Å². The van der Waals surface area contributed by atoms with Gasteiger partial charge in [0.1, 0.15) is 5.75 Å². The molecule has 3 N–H and O–H groups in total. The first kappa shape index (κ1) is 16.5. The van der Waals surface area contributed by atoms with Crippen LogP contribution in [0, 0.1) is 11.8 Å². The summed E-state index contributed by atoms with van der Waals surface area (Å²) in [7, 11) is 0. The largest absolute Gasteiger partial charge is 0.493 e. The average Bonchev–Trinajstić information content (AvgIpc) is 2.42.